The van der Waals surface area contributed by atoms with Crippen LogP contribution in [0.2, 0.25) is 5.15 Å². The van der Waals surface area contributed by atoms with E-state index >= 15 is 0 Å². The van der Waals surface area contributed by atoms with E-state index in [-0.39, 0.29) is 28.8 Å². The highest BCUT2D eigenvalue weighted by atomic mass is 79.9. The van der Waals surface area contributed by atoms with Gasteiger partial charge in [-0.3, -0.25) is 9.48 Å². The quantitative estimate of drug-likeness (QED) is 0.607. The fraction of sp³-hybridized carbons (Fsp3) is 0.118. The van der Waals surface area contributed by atoms with E-state index in [4.69, 9.17) is 16.3 Å². The lowest BCUT2D eigenvalue weighted by Crippen LogP contribution is -2.15. The Morgan fingerprint density at radius 3 is 2.88 bits per heavy atom. The Hall–Kier alpha value is -2.45. The SMILES string of the molecule is COc1c(C(=O)Nc2nn(Cc3ccccc3F)cc2Br)ccnc1Cl. The van der Waals surface area contributed by atoms with Crippen LogP contribution in [0.5, 0.6) is 5.75 Å². The molecular weight excluding hydrogens is 427 g/mol. The maximum Gasteiger partial charge on any atom is 0.260 e. The van der Waals surface area contributed by atoms with Crippen LogP contribution in [-0.4, -0.2) is 27.8 Å². The number of rotatable bonds is 5. The monoisotopic (exact) mass is 438 g/mol. The van der Waals surface area contributed by atoms with Crippen molar-refractivity contribution in [3.05, 3.63) is 69.3 Å². The summed E-state index contributed by atoms with van der Waals surface area (Å²) in [6.45, 7) is 0.228. The van der Waals surface area contributed by atoms with Crippen molar-refractivity contribution in [3.8, 4) is 5.75 Å². The first kappa shape index (κ1) is 18.3. The second-order valence-corrected chi connectivity index (χ2v) is 6.46. The van der Waals surface area contributed by atoms with Crippen LogP contribution in [0.15, 0.2) is 47.2 Å². The van der Waals surface area contributed by atoms with Crippen molar-refractivity contribution in [1.29, 1.82) is 0 Å². The zero-order valence-electron chi connectivity index (χ0n) is 13.5. The number of nitrogens with one attached hydrogen (secondary N) is 1. The van der Waals surface area contributed by atoms with Gasteiger partial charge in [0.15, 0.2) is 16.7 Å². The molecule has 0 saturated carbocycles. The number of hydrogen-bond donors (Lipinski definition) is 1. The highest BCUT2D eigenvalue weighted by molar-refractivity contribution is 9.10. The van der Waals surface area contributed by atoms with Gasteiger partial charge in [-0.05, 0) is 28.1 Å². The van der Waals surface area contributed by atoms with E-state index in [1.807, 2.05) is 0 Å². The van der Waals surface area contributed by atoms with Crippen LogP contribution in [-0.2, 0) is 6.54 Å². The van der Waals surface area contributed by atoms with Crippen molar-refractivity contribution in [3.63, 3.8) is 0 Å². The molecule has 2 heterocycles. The van der Waals surface area contributed by atoms with Gasteiger partial charge in [-0.2, -0.15) is 5.10 Å². The van der Waals surface area contributed by atoms with Crippen LogP contribution in [0.3, 0.4) is 0 Å². The molecule has 0 aliphatic carbocycles. The molecule has 0 spiro atoms. The number of hydrogen-bond acceptors (Lipinski definition) is 4. The number of amides is 1. The summed E-state index contributed by atoms with van der Waals surface area (Å²) in [6, 6.07) is 7.92. The number of carbonyl (C=O) groups excluding carboxylic acids is 1. The average molecular weight is 440 g/mol. The van der Waals surface area contributed by atoms with Crippen molar-refractivity contribution in [2.75, 3.05) is 12.4 Å². The molecule has 1 amide bonds. The first-order chi connectivity index (χ1) is 12.5. The van der Waals surface area contributed by atoms with Crippen LogP contribution in [0.1, 0.15) is 15.9 Å². The summed E-state index contributed by atoms with van der Waals surface area (Å²) in [5, 5.41) is 7.03. The molecule has 2 aromatic heterocycles. The van der Waals surface area contributed by atoms with Crippen molar-refractivity contribution in [1.82, 2.24) is 14.8 Å². The van der Waals surface area contributed by atoms with Gasteiger partial charge in [-0.1, -0.05) is 29.8 Å². The summed E-state index contributed by atoms with van der Waals surface area (Å²) in [5.41, 5.74) is 0.714. The van der Waals surface area contributed by atoms with E-state index < -0.39 is 5.91 Å². The van der Waals surface area contributed by atoms with Gasteiger partial charge < -0.3 is 10.1 Å². The minimum absolute atomic E-state index is 0.0873. The van der Waals surface area contributed by atoms with Gasteiger partial charge >= 0.3 is 0 Å². The van der Waals surface area contributed by atoms with Crippen LogP contribution in [0.25, 0.3) is 0 Å². The Morgan fingerprint density at radius 1 is 1.38 bits per heavy atom. The lowest BCUT2D eigenvalue weighted by molar-refractivity contribution is 0.102. The molecule has 3 rings (SSSR count). The first-order valence-electron chi connectivity index (χ1n) is 7.45. The third kappa shape index (κ3) is 3.86. The fourth-order valence-corrected chi connectivity index (χ4v) is 2.98. The lowest BCUT2D eigenvalue weighted by Gasteiger charge is -2.09. The number of benzene rings is 1. The van der Waals surface area contributed by atoms with Gasteiger partial charge in [0.25, 0.3) is 5.91 Å². The van der Waals surface area contributed by atoms with Gasteiger partial charge in [0, 0.05) is 18.0 Å². The van der Waals surface area contributed by atoms with E-state index in [2.05, 4.69) is 31.3 Å². The van der Waals surface area contributed by atoms with E-state index in [0.29, 0.717) is 15.9 Å². The van der Waals surface area contributed by atoms with Crippen LogP contribution < -0.4 is 10.1 Å². The van der Waals surface area contributed by atoms with Crippen LogP contribution in [0.4, 0.5) is 10.2 Å². The van der Waals surface area contributed by atoms with E-state index in [0.717, 1.165) is 0 Å². The molecule has 6 nitrogen and oxygen atoms in total. The molecule has 9 heteroatoms. The van der Waals surface area contributed by atoms with Crippen LogP contribution >= 0.6 is 27.5 Å². The fourth-order valence-electron chi connectivity index (χ4n) is 2.33. The standard InChI is InChI=1S/C17H13BrClFN4O2/c1-26-14-11(6-7-21-15(14)19)17(25)22-16-12(18)9-24(23-16)8-10-4-2-3-5-13(10)20/h2-7,9H,8H2,1H3,(H,22,23,25). The van der Waals surface area contributed by atoms with Crippen molar-refractivity contribution >= 4 is 39.3 Å². The maximum atomic E-state index is 13.8. The van der Waals surface area contributed by atoms with Gasteiger partial charge in [0.1, 0.15) is 5.82 Å². The normalized spacial score (nSPS) is 10.6. The second-order valence-electron chi connectivity index (χ2n) is 5.25. The number of ether oxygens (including phenoxy) is 1. The summed E-state index contributed by atoms with van der Waals surface area (Å²) in [4.78, 5) is 16.4. The summed E-state index contributed by atoms with van der Waals surface area (Å²) in [6.07, 6.45) is 3.06. The average Bonchev–Trinajstić information content (AvgIpc) is 2.96. The van der Waals surface area contributed by atoms with Crippen LogP contribution in [0, 0.1) is 5.82 Å². The largest absolute Gasteiger partial charge is 0.493 e. The maximum absolute atomic E-state index is 13.8. The molecule has 0 aliphatic heterocycles. The van der Waals surface area contributed by atoms with Crippen molar-refractivity contribution < 1.29 is 13.9 Å². The lowest BCUT2D eigenvalue weighted by atomic mass is 10.2. The molecule has 0 saturated heterocycles. The Labute approximate surface area is 162 Å². The molecule has 26 heavy (non-hydrogen) atoms. The predicted molar refractivity (Wildman–Crippen MR) is 99.2 cm³/mol. The molecule has 0 atom stereocenters. The Morgan fingerprint density at radius 2 is 2.15 bits per heavy atom. The molecule has 0 aliphatic rings. The molecule has 0 unspecified atom stereocenters. The smallest absolute Gasteiger partial charge is 0.260 e. The van der Waals surface area contributed by atoms with Gasteiger partial charge in [-0.25, -0.2) is 9.37 Å². The predicted octanol–water partition coefficient (Wildman–Crippen LogP) is 4.14. The molecule has 0 radical (unpaired) electrons. The number of pyridine rings is 1. The molecule has 134 valence electrons. The first-order valence-corrected chi connectivity index (χ1v) is 8.63. The van der Waals surface area contributed by atoms with Crippen molar-refractivity contribution in [2.45, 2.75) is 6.54 Å². The Kier molecular flexibility index (Phi) is 5.53. The highest BCUT2D eigenvalue weighted by Crippen LogP contribution is 2.28. The number of carbonyl (C=O) groups is 1. The minimum Gasteiger partial charge on any atom is -0.493 e. The van der Waals surface area contributed by atoms with Gasteiger partial charge in [0.05, 0.1) is 23.7 Å². The number of anilines is 1. The Balaban J connectivity index is 1.81. The molecule has 0 fully saturated rings. The summed E-state index contributed by atoms with van der Waals surface area (Å²) in [5.74, 6) is -0.307. The minimum atomic E-state index is -0.456. The molecule has 0 bridgehead atoms. The molecule has 3 aromatic rings. The van der Waals surface area contributed by atoms with E-state index in [1.54, 1.807) is 24.4 Å². The number of aromatic nitrogens is 3. The molecule has 1 N–H and O–H groups in total. The molecular formula is C17H13BrClFN4O2. The summed E-state index contributed by atoms with van der Waals surface area (Å²) < 4.78 is 21.0. The number of halogens is 3. The summed E-state index contributed by atoms with van der Waals surface area (Å²) in [7, 11) is 1.40. The van der Waals surface area contributed by atoms with Gasteiger partial charge in [0.2, 0.25) is 0 Å². The molecule has 1 aromatic carbocycles. The van der Waals surface area contributed by atoms with Gasteiger partial charge in [-0.15, -0.1) is 0 Å². The second kappa shape index (κ2) is 7.84. The van der Waals surface area contributed by atoms with E-state index in [9.17, 15) is 9.18 Å². The summed E-state index contributed by atoms with van der Waals surface area (Å²) >= 11 is 9.28. The van der Waals surface area contributed by atoms with E-state index in [1.165, 1.54) is 30.1 Å². The van der Waals surface area contributed by atoms with Crippen molar-refractivity contribution in [2.24, 2.45) is 0 Å². The topological polar surface area (TPSA) is 69.0 Å². The number of nitrogens with zero attached hydrogens (tertiary/aromatic N) is 3. The number of methoxy groups -OCH3 is 1. The third-order valence-electron chi connectivity index (χ3n) is 3.55. The zero-order chi connectivity index (χ0) is 18.7. The highest BCUT2D eigenvalue weighted by Gasteiger charge is 2.18. The Bertz CT molecular complexity index is 964. The third-order valence-corrected chi connectivity index (χ3v) is 4.40. The zero-order valence-corrected chi connectivity index (χ0v) is 15.9.